The molecule has 2 rings (SSSR count). The van der Waals surface area contributed by atoms with Crippen LogP contribution < -0.4 is 10.0 Å². The van der Waals surface area contributed by atoms with Gasteiger partial charge >= 0.3 is 6.09 Å². The van der Waals surface area contributed by atoms with Gasteiger partial charge in [-0.3, -0.25) is 0 Å². The number of nitrogens with one attached hydrogen (secondary N) is 2. The molecule has 6 nitrogen and oxygen atoms in total. The maximum absolute atomic E-state index is 11.9. The SMILES string of the molecule is CC(CNS(=O)(=O)C(C)C)c1ccc(CCNC(=O)OCc2ccccc2)cc1. The lowest BCUT2D eigenvalue weighted by molar-refractivity contribution is 0.140. The van der Waals surface area contributed by atoms with Gasteiger partial charge < -0.3 is 10.1 Å². The molecular weight excluding hydrogens is 388 g/mol. The molecule has 0 heterocycles. The fourth-order valence-electron chi connectivity index (χ4n) is 2.62. The molecular formula is C22H30N2O4S. The number of amides is 1. The van der Waals surface area contributed by atoms with E-state index in [4.69, 9.17) is 4.74 Å². The van der Waals surface area contributed by atoms with E-state index in [1.165, 1.54) is 0 Å². The van der Waals surface area contributed by atoms with Gasteiger partial charge in [-0.2, -0.15) is 0 Å². The first-order chi connectivity index (χ1) is 13.8. The van der Waals surface area contributed by atoms with Crippen molar-refractivity contribution in [3.63, 3.8) is 0 Å². The summed E-state index contributed by atoms with van der Waals surface area (Å²) in [7, 11) is -3.25. The first-order valence-corrected chi connectivity index (χ1v) is 11.3. The van der Waals surface area contributed by atoms with Crippen LogP contribution in [0.5, 0.6) is 0 Å². The fourth-order valence-corrected chi connectivity index (χ4v) is 3.44. The number of hydrogen-bond donors (Lipinski definition) is 2. The lowest BCUT2D eigenvalue weighted by atomic mass is 9.99. The van der Waals surface area contributed by atoms with Crippen LogP contribution in [0.1, 0.15) is 43.4 Å². The molecule has 2 aromatic carbocycles. The van der Waals surface area contributed by atoms with Gasteiger partial charge in [-0.1, -0.05) is 61.5 Å². The summed E-state index contributed by atoms with van der Waals surface area (Å²) in [6, 6.07) is 17.5. The molecule has 1 amide bonds. The van der Waals surface area contributed by atoms with Crippen molar-refractivity contribution in [1.82, 2.24) is 10.0 Å². The number of rotatable bonds is 10. The van der Waals surface area contributed by atoms with Crippen LogP contribution >= 0.6 is 0 Å². The minimum absolute atomic E-state index is 0.0728. The monoisotopic (exact) mass is 418 g/mol. The largest absolute Gasteiger partial charge is 0.445 e. The van der Waals surface area contributed by atoms with Crippen LogP contribution in [0.2, 0.25) is 0 Å². The average molecular weight is 419 g/mol. The maximum atomic E-state index is 11.9. The van der Waals surface area contributed by atoms with Crippen molar-refractivity contribution in [2.45, 2.75) is 45.0 Å². The zero-order valence-electron chi connectivity index (χ0n) is 17.2. The summed E-state index contributed by atoms with van der Waals surface area (Å²) < 4.78 is 31.6. The van der Waals surface area contributed by atoms with E-state index in [1.54, 1.807) is 13.8 Å². The van der Waals surface area contributed by atoms with E-state index in [9.17, 15) is 13.2 Å². The van der Waals surface area contributed by atoms with Gasteiger partial charge in [0.1, 0.15) is 6.61 Å². The molecule has 0 aliphatic heterocycles. The van der Waals surface area contributed by atoms with Gasteiger partial charge in [-0.05, 0) is 42.9 Å². The summed E-state index contributed by atoms with van der Waals surface area (Å²) >= 11 is 0. The van der Waals surface area contributed by atoms with Crippen LogP contribution in [0, 0.1) is 0 Å². The average Bonchev–Trinajstić information content (AvgIpc) is 2.71. The van der Waals surface area contributed by atoms with Crippen LogP contribution in [0.3, 0.4) is 0 Å². The third-order valence-corrected chi connectivity index (χ3v) is 6.47. The van der Waals surface area contributed by atoms with E-state index in [0.29, 0.717) is 19.5 Å². The van der Waals surface area contributed by atoms with Gasteiger partial charge in [-0.15, -0.1) is 0 Å². The normalized spacial score (nSPS) is 12.6. The minimum Gasteiger partial charge on any atom is -0.445 e. The van der Waals surface area contributed by atoms with Crippen molar-refractivity contribution in [1.29, 1.82) is 0 Å². The topological polar surface area (TPSA) is 84.5 Å². The molecule has 2 aromatic rings. The highest BCUT2D eigenvalue weighted by atomic mass is 32.2. The molecule has 1 atom stereocenters. The number of carbonyl (C=O) groups excluding carboxylic acids is 1. The van der Waals surface area contributed by atoms with E-state index in [1.807, 2.05) is 61.5 Å². The Morgan fingerprint density at radius 1 is 0.966 bits per heavy atom. The smallest absolute Gasteiger partial charge is 0.407 e. The van der Waals surface area contributed by atoms with E-state index in [-0.39, 0.29) is 12.5 Å². The molecule has 29 heavy (non-hydrogen) atoms. The Kier molecular flexibility index (Phi) is 8.67. The van der Waals surface area contributed by atoms with Gasteiger partial charge in [0.25, 0.3) is 0 Å². The number of benzene rings is 2. The van der Waals surface area contributed by atoms with Gasteiger partial charge in [0, 0.05) is 13.1 Å². The molecule has 0 spiro atoms. The Morgan fingerprint density at radius 3 is 2.24 bits per heavy atom. The lowest BCUT2D eigenvalue weighted by Crippen LogP contribution is -2.33. The molecule has 0 saturated heterocycles. The molecule has 0 aromatic heterocycles. The summed E-state index contributed by atoms with van der Waals surface area (Å²) in [5.74, 6) is 0.0728. The first-order valence-electron chi connectivity index (χ1n) is 9.80. The van der Waals surface area contributed by atoms with E-state index in [0.717, 1.165) is 16.7 Å². The van der Waals surface area contributed by atoms with Crippen molar-refractivity contribution in [3.8, 4) is 0 Å². The number of carbonyl (C=O) groups is 1. The lowest BCUT2D eigenvalue weighted by Gasteiger charge is -2.15. The minimum atomic E-state index is -3.25. The number of sulfonamides is 1. The number of hydrogen-bond acceptors (Lipinski definition) is 4. The van der Waals surface area contributed by atoms with E-state index >= 15 is 0 Å². The summed E-state index contributed by atoms with van der Waals surface area (Å²) in [5.41, 5.74) is 3.10. The highest BCUT2D eigenvalue weighted by molar-refractivity contribution is 7.90. The van der Waals surface area contributed by atoms with E-state index in [2.05, 4.69) is 10.0 Å². The second-order valence-corrected chi connectivity index (χ2v) is 9.64. The molecule has 0 radical (unpaired) electrons. The highest BCUT2D eigenvalue weighted by Crippen LogP contribution is 2.16. The summed E-state index contributed by atoms with van der Waals surface area (Å²) in [5, 5.41) is 2.31. The number of alkyl carbamates (subject to hydrolysis) is 1. The van der Waals surface area contributed by atoms with E-state index < -0.39 is 21.4 Å². The number of ether oxygens (including phenoxy) is 1. The van der Waals surface area contributed by atoms with Gasteiger partial charge in [0.05, 0.1) is 5.25 Å². The summed E-state index contributed by atoms with van der Waals surface area (Å²) in [4.78, 5) is 11.8. The molecule has 2 N–H and O–H groups in total. The molecule has 7 heteroatoms. The first kappa shape index (κ1) is 22.9. The third kappa shape index (κ3) is 7.87. The molecule has 0 fully saturated rings. The predicted molar refractivity (Wildman–Crippen MR) is 115 cm³/mol. The maximum Gasteiger partial charge on any atom is 0.407 e. The molecule has 0 aliphatic rings. The molecule has 158 valence electrons. The zero-order chi connectivity index (χ0) is 21.3. The highest BCUT2D eigenvalue weighted by Gasteiger charge is 2.17. The van der Waals surface area contributed by atoms with Gasteiger partial charge in [-0.25, -0.2) is 17.9 Å². The van der Waals surface area contributed by atoms with Crippen LogP contribution in [-0.2, 0) is 27.8 Å². The second kappa shape index (κ2) is 11.0. The Labute approximate surface area is 173 Å². The molecule has 1 unspecified atom stereocenters. The van der Waals surface area contributed by atoms with Crippen molar-refractivity contribution < 1.29 is 17.9 Å². The van der Waals surface area contributed by atoms with Crippen LogP contribution in [0.15, 0.2) is 54.6 Å². The van der Waals surface area contributed by atoms with Gasteiger partial charge in [0.15, 0.2) is 0 Å². The van der Waals surface area contributed by atoms with Crippen LogP contribution in [0.4, 0.5) is 4.79 Å². The second-order valence-electron chi connectivity index (χ2n) is 7.32. The summed E-state index contributed by atoms with van der Waals surface area (Å²) in [6.45, 7) is 6.41. The van der Waals surface area contributed by atoms with Crippen molar-refractivity contribution in [2.75, 3.05) is 13.1 Å². The molecule has 0 aliphatic carbocycles. The fraction of sp³-hybridized carbons (Fsp3) is 0.409. The standard InChI is InChI=1S/C22H30N2O4S/c1-17(2)29(26,27)24-15-18(3)21-11-9-19(10-12-21)13-14-23-22(25)28-16-20-7-5-4-6-8-20/h4-12,17-18,24H,13-16H2,1-3H3,(H,23,25). The summed E-state index contributed by atoms with van der Waals surface area (Å²) in [6.07, 6.45) is 0.256. The third-order valence-electron chi connectivity index (χ3n) is 4.66. The predicted octanol–water partition coefficient (Wildman–Crippen LogP) is 3.59. The Morgan fingerprint density at radius 2 is 1.62 bits per heavy atom. The zero-order valence-corrected chi connectivity index (χ0v) is 18.0. The Balaban J connectivity index is 1.72. The van der Waals surface area contributed by atoms with Crippen LogP contribution in [0.25, 0.3) is 0 Å². The Hall–Kier alpha value is -2.38. The molecule has 0 saturated carbocycles. The van der Waals surface area contributed by atoms with Crippen molar-refractivity contribution in [2.24, 2.45) is 0 Å². The quantitative estimate of drug-likeness (QED) is 0.618. The Bertz CT molecular complexity index is 865. The van der Waals surface area contributed by atoms with Crippen molar-refractivity contribution in [3.05, 3.63) is 71.3 Å². The molecule has 0 bridgehead atoms. The van der Waals surface area contributed by atoms with Gasteiger partial charge in [0.2, 0.25) is 10.0 Å². The van der Waals surface area contributed by atoms with Crippen molar-refractivity contribution >= 4 is 16.1 Å². The van der Waals surface area contributed by atoms with Crippen LogP contribution in [-0.4, -0.2) is 32.9 Å².